The summed E-state index contributed by atoms with van der Waals surface area (Å²) in [5.74, 6) is 0.162. The van der Waals surface area contributed by atoms with Crippen LogP contribution in [0, 0.1) is 5.41 Å². The maximum atomic E-state index is 12.6. The molecular formula is C13H30N2O2S. The molecule has 0 heterocycles. The van der Waals surface area contributed by atoms with Gasteiger partial charge in [-0.25, -0.2) is 8.42 Å². The van der Waals surface area contributed by atoms with Crippen LogP contribution in [0.4, 0.5) is 0 Å². The third kappa shape index (κ3) is 4.21. The summed E-state index contributed by atoms with van der Waals surface area (Å²) >= 11 is 0. The molecule has 0 amide bonds. The number of sulfonamides is 1. The van der Waals surface area contributed by atoms with E-state index in [1.54, 1.807) is 4.31 Å². The van der Waals surface area contributed by atoms with E-state index in [1.807, 2.05) is 41.5 Å². The highest BCUT2D eigenvalue weighted by molar-refractivity contribution is 7.89. The highest BCUT2D eigenvalue weighted by Gasteiger charge is 2.40. The molecule has 0 saturated carbocycles. The second-order valence-electron chi connectivity index (χ2n) is 6.12. The van der Waals surface area contributed by atoms with Crippen molar-refractivity contribution in [1.29, 1.82) is 0 Å². The Hall–Kier alpha value is -0.130. The Morgan fingerprint density at radius 2 is 1.50 bits per heavy atom. The van der Waals surface area contributed by atoms with Crippen molar-refractivity contribution >= 4 is 10.0 Å². The van der Waals surface area contributed by atoms with Crippen LogP contribution in [0.5, 0.6) is 0 Å². The molecule has 0 radical (unpaired) electrons. The van der Waals surface area contributed by atoms with Crippen LogP contribution in [0.15, 0.2) is 0 Å². The Kier molecular flexibility index (Phi) is 6.30. The predicted octanol–water partition coefficient (Wildman–Crippen LogP) is 2.20. The van der Waals surface area contributed by atoms with Gasteiger partial charge in [0, 0.05) is 18.6 Å². The van der Waals surface area contributed by atoms with Crippen molar-refractivity contribution in [3.63, 3.8) is 0 Å². The van der Waals surface area contributed by atoms with Crippen molar-refractivity contribution in [1.82, 2.24) is 4.31 Å². The third-order valence-electron chi connectivity index (χ3n) is 3.46. The topological polar surface area (TPSA) is 63.4 Å². The molecule has 5 heteroatoms. The fraction of sp³-hybridized carbons (Fsp3) is 1.00. The number of hydrogen-bond acceptors (Lipinski definition) is 3. The van der Waals surface area contributed by atoms with Gasteiger partial charge in [-0.05, 0) is 18.3 Å². The maximum Gasteiger partial charge on any atom is 0.215 e. The quantitative estimate of drug-likeness (QED) is 0.776. The van der Waals surface area contributed by atoms with Gasteiger partial charge in [0.2, 0.25) is 10.0 Å². The average Bonchev–Trinajstić information content (AvgIpc) is 2.22. The summed E-state index contributed by atoms with van der Waals surface area (Å²) in [5.41, 5.74) is 5.19. The van der Waals surface area contributed by atoms with E-state index in [0.717, 1.165) is 12.8 Å². The van der Waals surface area contributed by atoms with E-state index < -0.39 is 15.6 Å². The van der Waals surface area contributed by atoms with E-state index in [2.05, 4.69) is 0 Å². The highest BCUT2D eigenvalue weighted by atomic mass is 32.2. The fourth-order valence-electron chi connectivity index (χ4n) is 2.45. The summed E-state index contributed by atoms with van der Waals surface area (Å²) in [5, 5.41) is 0. The molecular weight excluding hydrogens is 248 g/mol. The van der Waals surface area contributed by atoms with Crippen molar-refractivity contribution < 1.29 is 8.42 Å². The van der Waals surface area contributed by atoms with Crippen LogP contribution >= 0.6 is 0 Å². The van der Waals surface area contributed by atoms with E-state index in [-0.39, 0.29) is 11.2 Å². The van der Waals surface area contributed by atoms with E-state index in [1.165, 1.54) is 0 Å². The lowest BCUT2D eigenvalue weighted by Gasteiger charge is -2.41. The summed E-state index contributed by atoms with van der Waals surface area (Å²) in [6.45, 7) is 12.6. The summed E-state index contributed by atoms with van der Waals surface area (Å²) in [4.78, 5) is 0. The molecule has 0 spiro atoms. The van der Waals surface area contributed by atoms with Crippen LogP contribution in [-0.4, -0.2) is 37.1 Å². The minimum atomic E-state index is -3.27. The number of rotatable bonds is 7. The Balaban J connectivity index is 5.43. The number of nitrogens with zero attached hydrogens (tertiary/aromatic N) is 1. The minimum absolute atomic E-state index is 0.162. The smallest absolute Gasteiger partial charge is 0.215 e. The van der Waals surface area contributed by atoms with Crippen molar-refractivity contribution in [2.75, 3.05) is 18.8 Å². The van der Waals surface area contributed by atoms with Crippen molar-refractivity contribution in [2.45, 2.75) is 59.9 Å². The van der Waals surface area contributed by atoms with Gasteiger partial charge in [-0.3, -0.25) is 0 Å². The largest absolute Gasteiger partial charge is 0.329 e. The minimum Gasteiger partial charge on any atom is -0.329 e. The molecule has 18 heavy (non-hydrogen) atoms. The first kappa shape index (κ1) is 17.9. The van der Waals surface area contributed by atoms with Gasteiger partial charge < -0.3 is 5.73 Å². The van der Waals surface area contributed by atoms with Crippen LogP contribution in [0.3, 0.4) is 0 Å². The molecule has 0 aromatic carbocycles. The van der Waals surface area contributed by atoms with Gasteiger partial charge in [-0.2, -0.15) is 4.31 Å². The molecule has 0 saturated heterocycles. The van der Waals surface area contributed by atoms with E-state index in [0.29, 0.717) is 13.1 Å². The van der Waals surface area contributed by atoms with Crippen molar-refractivity contribution in [3.05, 3.63) is 0 Å². The molecule has 0 fully saturated rings. The molecule has 0 rings (SSSR count). The third-order valence-corrected chi connectivity index (χ3v) is 6.01. The van der Waals surface area contributed by atoms with Crippen LogP contribution in [-0.2, 0) is 10.0 Å². The lowest BCUT2D eigenvalue weighted by atomic mass is 9.93. The molecule has 0 aliphatic carbocycles. The molecule has 0 aromatic rings. The lowest BCUT2D eigenvalue weighted by Crippen LogP contribution is -2.56. The van der Waals surface area contributed by atoms with Crippen LogP contribution in [0.1, 0.15) is 54.4 Å². The van der Waals surface area contributed by atoms with E-state index in [4.69, 9.17) is 5.73 Å². The van der Waals surface area contributed by atoms with Gasteiger partial charge >= 0.3 is 0 Å². The summed E-state index contributed by atoms with van der Waals surface area (Å²) in [6, 6.07) is 0. The Bertz CT molecular complexity index is 332. The molecule has 0 aliphatic rings. The van der Waals surface area contributed by atoms with Gasteiger partial charge in [-0.15, -0.1) is 0 Å². The molecule has 0 aromatic heterocycles. The first-order valence-corrected chi connectivity index (χ1v) is 8.40. The van der Waals surface area contributed by atoms with Gasteiger partial charge in [0.15, 0.2) is 0 Å². The van der Waals surface area contributed by atoms with Crippen molar-refractivity contribution in [2.24, 2.45) is 11.1 Å². The molecule has 4 nitrogen and oxygen atoms in total. The normalized spacial score (nSPS) is 14.2. The average molecular weight is 278 g/mol. The van der Waals surface area contributed by atoms with Crippen molar-refractivity contribution in [3.8, 4) is 0 Å². The molecule has 0 atom stereocenters. The Morgan fingerprint density at radius 3 is 1.72 bits per heavy atom. The van der Waals surface area contributed by atoms with Gasteiger partial charge in [0.1, 0.15) is 0 Å². The molecule has 0 unspecified atom stereocenters. The lowest BCUT2D eigenvalue weighted by molar-refractivity contribution is 0.182. The zero-order valence-electron chi connectivity index (χ0n) is 12.8. The van der Waals surface area contributed by atoms with Gasteiger partial charge in [0.05, 0.1) is 5.75 Å². The zero-order chi connectivity index (χ0) is 14.6. The maximum absolute atomic E-state index is 12.6. The van der Waals surface area contributed by atoms with E-state index in [9.17, 15) is 8.42 Å². The summed E-state index contributed by atoms with van der Waals surface area (Å²) in [7, 11) is -3.27. The summed E-state index contributed by atoms with van der Waals surface area (Å²) < 4.78 is 26.8. The SMILES string of the molecule is CCN(C(CC)(CC)CN)S(=O)(=O)CC(C)(C)C. The standard InChI is InChI=1S/C13H30N2O2S/c1-7-13(8-2,10-14)15(9-3)18(16,17)11-12(4,5)6/h7-11,14H2,1-6H3. The van der Waals surface area contributed by atoms with Gasteiger partial charge in [0.25, 0.3) is 0 Å². The first-order chi connectivity index (χ1) is 8.08. The van der Waals surface area contributed by atoms with E-state index >= 15 is 0 Å². The number of nitrogens with two attached hydrogens (primary N) is 1. The molecule has 0 bridgehead atoms. The first-order valence-electron chi connectivity index (χ1n) is 6.79. The molecule has 110 valence electrons. The van der Waals surface area contributed by atoms with Crippen LogP contribution < -0.4 is 5.73 Å². The number of likely N-dealkylation sites (N-methyl/N-ethyl adjacent to an activating group) is 1. The predicted molar refractivity (Wildman–Crippen MR) is 78.0 cm³/mol. The number of hydrogen-bond donors (Lipinski definition) is 1. The Labute approximate surface area is 113 Å². The van der Waals surface area contributed by atoms with Gasteiger partial charge in [-0.1, -0.05) is 41.5 Å². The fourth-order valence-corrected chi connectivity index (χ4v) is 5.01. The zero-order valence-corrected chi connectivity index (χ0v) is 13.6. The summed E-state index contributed by atoms with van der Waals surface area (Å²) in [6.07, 6.45) is 1.49. The molecule has 2 N–H and O–H groups in total. The second-order valence-corrected chi connectivity index (χ2v) is 8.01. The van der Waals surface area contributed by atoms with Crippen LogP contribution in [0.2, 0.25) is 0 Å². The second kappa shape index (κ2) is 6.35. The molecule has 0 aliphatic heterocycles. The van der Waals surface area contributed by atoms with Crippen LogP contribution in [0.25, 0.3) is 0 Å². The highest BCUT2D eigenvalue weighted by Crippen LogP contribution is 2.29. The monoisotopic (exact) mass is 278 g/mol. The Morgan fingerprint density at radius 1 is 1.06 bits per heavy atom.